The number of amides is 1. The van der Waals surface area contributed by atoms with Gasteiger partial charge >= 0.3 is 0 Å². The van der Waals surface area contributed by atoms with Crippen molar-refractivity contribution in [3.63, 3.8) is 0 Å². The summed E-state index contributed by atoms with van der Waals surface area (Å²) in [4.78, 5) is 12.6. The second kappa shape index (κ2) is 8.61. The van der Waals surface area contributed by atoms with Crippen LogP contribution in [0.1, 0.15) is 25.3 Å². The van der Waals surface area contributed by atoms with Gasteiger partial charge in [0, 0.05) is 18.1 Å². The van der Waals surface area contributed by atoms with Crippen LogP contribution in [0.4, 0.5) is 5.69 Å². The summed E-state index contributed by atoms with van der Waals surface area (Å²) in [7, 11) is -3.67. The quantitative estimate of drug-likeness (QED) is 0.672. The molecule has 0 aromatic heterocycles. The van der Waals surface area contributed by atoms with E-state index in [-0.39, 0.29) is 16.3 Å². The Bertz CT molecular complexity index is 1020. The molecule has 1 aliphatic heterocycles. The highest BCUT2D eigenvalue weighted by molar-refractivity contribution is 7.89. The van der Waals surface area contributed by atoms with Gasteiger partial charge in [-0.1, -0.05) is 11.6 Å². The van der Waals surface area contributed by atoms with Crippen LogP contribution in [0.5, 0.6) is 11.5 Å². The molecule has 0 radical (unpaired) electrons. The zero-order valence-corrected chi connectivity index (χ0v) is 17.8. The minimum absolute atomic E-state index is 0.0125. The van der Waals surface area contributed by atoms with Crippen molar-refractivity contribution in [1.82, 2.24) is 4.31 Å². The predicted molar refractivity (Wildman–Crippen MR) is 111 cm³/mol. The van der Waals surface area contributed by atoms with Crippen molar-refractivity contribution in [2.24, 2.45) is 0 Å². The first-order valence-corrected chi connectivity index (χ1v) is 11.1. The number of nitrogens with one attached hydrogen (secondary N) is 1. The van der Waals surface area contributed by atoms with Gasteiger partial charge in [-0.25, -0.2) is 8.42 Å². The lowest BCUT2D eigenvalue weighted by Gasteiger charge is -2.18. The third kappa shape index (κ3) is 4.83. The standard InChI is InChI=1S/C20H23ClN2O5S/c1-13-11-15(21)5-8-19(13)28-14(2)20(25)22-17-12-16(6-7-18(17)24)29(26,27)23-9-3-4-10-23/h5-8,11-12,14,24H,3-4,9-10H2,1-2H3,(H,22,25). The zero-order chi connectivity index (χ0) is 21.2. The fraction of sp³-hybridized carbons (Fsp3) is 0.350. The van der Waals surface area contributed by atoms with E-state index < -0.39 is 22.0 Å². The molecule has 2 aromatic carbocycles. The number of carbonyl (C=O) groups is 1. The Balaban J connectivity index is 1.75. The number of phenols is 1. The number of anilines is 1. The number of sulfonamides is 1. The molecule has 2 N–H and O–H groups in total. The van der Waals surface area contributed by atoms with Crippen molar-refractivity contribution in [2.75, 3.05) is 18.4 Å². The molecule has 29 heavy (non-hydrogen) atoms. The number of nitrogens with zero attached hydrogens (tertiary/aromatic N) is 1. The van der Waals surface area contributed by atoms with Gasteiger partial charge in [-0.05, 0) is 68.7 Å². The van der Waals surface area contributed by atoms with Crippen LogP contribution in [0.3, 0.4) is 0 Å². The second-order valence-electron chi connectivity index (χ2n) is 6.95. The molecule has 2 aromatic rings. The predicted octanol–water partition coefficient (Wildman–Crippen LogP) is 3.54. The molecule has 156 valence electrons. The van der Waals surface area contributed by atoms with E-state index in [4.69, 9.17) is 16.3 Å². The van der Waals surface area contributed by atoms with Gasteiger partial charge in [0.2, 0.25) is 10.0 Å². The number of carbonyl (C=O) groups excluding carboxylic acids is 1. The van der Waals surface area contributed by atoms with E-state index in [2.05, 4.69) is 5.32 Å². The number of halogens is 1. The van der Waals surface area contributed by atoms with Crippen LogP contribution in [0.15, 0.2) is 41.3 Å². The molecule has 1 heterocycles. The average Bonchev–Trinajstić information content (AvgIpc) is 3.21. The maximum absolute atomic E-state index is 12.7. The topological polar surface area (TPSA) is 95.9 Å². The van der Waals surface area contributed by atoms with Gasteiger partial charge < -0.3 is 15.2 Å². The molecule has 7 nitrogen and oxygen atoms in total. The molecule has 0 spiro atoms. The first kappa shape index (κ1) is 21.4. The molecule has 1 fully saturated rings. The Morgan fingerprint density at radius 2 is 1.90 bits per heavy atom. The van der Waals surface area contributed by atoms with E-state index in [1.54, 1.807) is 25.1 Å². The van der Waals surface area contributed by atoms with Crippen molar-refractivity contribution < 1.29 is 23.1 Å². The van der Waals surface area contributed by atoms with Crippen LogP contribution < -0.4 is 10.1 Å². The molecule has 1 amide bonds. The average molecular weight is 439 g/mol. The molecule has 1 aliphatic rings. The minimum Gasteiger partial charge on any atom is -0.506 e. The number of aromatic hydroxyl groups is 1. The van der Waals surface area contributed by atoms with Crippen molar-refractivity contribution in [3.8, 4) is 11.5 Å². The summed E-state index contributed by atoms with van der Waals surface area (Å²) in [6.07, 6.45) is 0.757. The maximum atomic E-state index is 12.7. The Morgan fingerprint density at radius 3 is 2.55 bits per heavy atom. The number of aryl methyl sites for hydroxylation is 1. The third-order valence-corrected chi connectivity index (χ3v) is 6.87. The van der Waals surface area contributed by atoms with E-state index in [9.17, 15) is 18.3 Å². The van der Waals surface area contributed by atoms with Crippen LogP contribution in [-0.2, 0) is 14.8 Å². The van der Waals surface area contributed by atoms with Gasteiger partial charge in [-0.15, -0.1) is 0 Å². The fourth-order valence-corrected chi connectivity index (χ4v) is 4.85. The maximum Gasteiger partial charge on any atom is 0.265 e. The Labute approximate surface area is 175 Å². The zero-order valence-electron chi connectivity index (χ0n) is 16.2. The number of ether oxygens (including phenoxy) is 1. The molecule has 3 rings (SSSR count). The van der Waals surface area contributed by atoms with Gasteiger partial charge in [0.25, 0.3) is 5.91 Å². The number of hydrogen-bond acceptors (Lipinski definition) is 5. The fourth-order valence-electron chi connectivity index (χ4n) is 3.08. The first-order chi connectivity index (χ1) is 13.7. The van der Waals surface area contributed by atoms with Crippen molar-refractivity contribution in [1.29, 1.82) is 0 Å². The Morgan fingerprint density at radius 1 is 1.21 bits per heavy atom. The van der Waals surface area contributed by atoms with E-state index in [0.717, 1.165) is 18.4 Å². The summed E-state index contributed by atoms with van der Waals surface area (Å²) >= 11 is 5.92. The monoisotopic (exact) mass is 438 g/mol. The van der Waals surface area contributed by atoms with Crippen molar-refractivity contribution >= 4 is 33.2 Å². The van der Waals surface area contributed by atoms with Gasteiger partial charge in [0.1, 0.15) is 11.5 Å². The highest BCUT2D eigenvalue weighted by atomic mass is 35.5. The smallest absolute Gasteiger partial charge is 0.265 e. The molecule has 0 aliphatic carbocycles. The molecular weight excluding hydrogens is 416 g/mol. The summed E-state index contributed by atoms with van der Waals surface area (Å²) < 4.78 is 32.5. The molecule has 1 saturated heterocycles. The van der Waals surface area contributed by atoms with Crippen LogP contribution in [0.2, 0.25) is 5.02 Å². The van der Waals surface area contributed by atoms with Crippen LogP contribution in [0.25, 0.3) is 0 Å². The lowest BCUT2D eigenvalue weighted by Crippen LogP contribution is -2.31. The highest BCUT2D eigenvalue weighted by Gasteiger charge is 2.28. The molecular formula is C20H23ClN2O5S. The summed E-state index contributed by atoms with van der Waals surface area (Å²) in [5.41, 5.74) is 0.789. The van der Waals surface area contributed by atoms with E-state index in [0.29, 0.717) is 23.9 Å². The third-order valence-electron chi connectivity index (χ3n) is 4.74. The van der Waals surface area contributed by atoms with Crippen molar-refractivity contribution in [2.45, 2.75) is 37.7 Å². The summed E-state index contributed by atoms with van der Waals surface area (Å²) in [6.45, 7) is 4.31. The normalized spacial score (nSPS) is 15.8. The van der Waals surface area contributed by atoms with Gasteiger partial charge in [-0.3, -0.25) is 4.79 Å². The summed E-state index contributed by atoms with van der Waals surface area (Å²) in [5.74, 6) is -0.245. The van der Waals surface area contributed by atoms with E-state index in [1.165, 1.54) is 22.5 Å². The van der Waals surface area contributed by atoms with Gasteiger partial charge in [0.15, 0.2) is 6.10 Å². The van der Waals surface area contributed by atoms with Crippen LogP contribution >= 0.6 is 11.6 Å². The lowest BCUT2D eigenvalue weighted by molar-refractivity contribution is -0.122. The van der Waals surface area contributed by atoms with Crippen molar-refractivity contribution in [3.05, 3.63) is 47.0 Å². The molecule has 9 heteroatoms. The van der Waals surface area contributed by atoms with Gasteiger partial charge in [-0.2, -0.15) is 4.31 Å². The van der Waals surface area contributed by atoms with E-state index >= 15 is 0 Å². The minimum atomic E-state index is -3.67. The Kier molecular flexibility index (Phi) is 6.36. The number of benzene rings is 2. The van der Waals surface area contributed by atoms with Crippen LogP contribution in [0, 0.1) is 6.92 Å². The number of hydrogen-bond donors (Lipinski definition) is 2. The summed E-state index contributed by atoms with van der Waals surface area (Å²) in [5, 5.41) is 13.2. The lowest BCUT2D eigenvalue weighted by atomic mass is 10.2. The molecule has 1 atom stereocenters. The second-order valence-corrected chi connectivity index (χ2v) is 9.32. The molecule has 1 unspecified atom stereocenters. The SMILES string of the molecule is Cc1cc(Cl)ccc1OC(C)C(=O)Nc1cc(S(=O)(=O)N2CCCC2)ccc1O. The molecule has 0 saturated carbocycles. The Hall–Kier alpha value is -2.29. The van der Waals surface area contributed by atoms with Gasteiger partial charge in [0.05, 0.1) is 10.6 Å². The van der Waals surface area contributed by atoms with E-state index in [1.807, 2.05) is 6.92 Å². The number of rotatable bonds is 6. The van der Waals surface area contributed by atoms with Crippen LogP contribution in [-0.4, -0.2) is 42.9 Å². The first-order valence-electron chi connectivity index (χ1n) is 9.25. The highest BCUT2D eigenvalue weighted by Crippen LogP contribution is 2.30. The largest absolute Gasteiger partial charge is 0.506 e. The summed E-state index contributed by atoms with van der Waals surface area (Å²) in [6, 6.07) is 8.90. The number of phenolic OH excluding ortho intramolecular Hbond substituents is 1. The molecule has 0 bridgehead atoms.